The average Bonchev–Trinajstić information content (AvgIpc) is 3.24. The van der Waals surface area contributed by atoms with Crippen LogP contribution < -0.4 is 9.64 Å². The van der Waals surface area contributed by atoms with Gasteiger partial charge in [0.1, 0.15) is 12.4 Å². The number of amides is 1. The van der Waals surface area contributed by atoms with Gasteiger partial charge in [0.25, 0.3) is 6.43 Å². The Balaban J connectivity index is 1.42. The number of carbonyl (C=O) groups is 2. The van der Waals surface area contributed by atoms with Gasteiger partial charge in [0.15, 0.2) is 5.60 Å². The number of rotatable bonds is 7. The third-order valence-corrected chi connectivity index (χ3v) is 11.7. The highest BCUT2D eigenvalue weighted by Crippen LogP contribution is 2.53. The summed E-state index contributed by atoms with van der Waals surface area (Å²) in [5.41, 5.74) is 0.590. The van der Waals surface area contributed by atoms with Crippen LogP contribution in [0.2, 0.25) is 5.02 Å². The van der Waals surface area contributed by atoms with Crippen molar-refractivity contribution in [2.45, 2.75) is 75.4 Å². The van der Waals surface area contributed by atoms with Crippen molar-refractivity contribution in [3.05, 3.63) is 70.3 Å². The summed E-state index contributed by atoms with van der Waals surface area (Å²) < 4.78 is 48.6. The van der Waals surface area contributed by atoms with Crippen LogP contribution in [0.5, 0.6) is 5.75 Å². The van der Waals surface area contributed by atoms with Crippen molar-refractivity contribution in [1.82, 2.24) is 4.90 Å². The molecule has 1 fully saturated rings. The molecule has 2 aliphatic heterocycles. The number of fused-ring (bicyclic) bond motifs is 4. The molecule has 12 heteroatoms. The van der Waals surface area contributed by atoms with Crippen molar-refractivity contribution >= 4 is 29.2 Å². The zero-order chi connectivity index (χ0) is 36.4. The molecule has 6 rings (SSSR count). The maximum Gasteiger partial charge on any atom is 0.343 e. The van der Waals surface area contributed by atoms with Crippen LogP contribution in [-0.4, -0.2) is 94.6 Å². The first-order valence-electron chi connectivity index (χ1n) is 17.9. The van der Waals surface area contributed by atoms with Gasteiger partial charge in [-0.25, -0.2) is 13.6 Å². The lowest BCUT2D eigenvalue weighted by Gasteiger charge is -2.53. The number of esters is 1. The Kier molecular flexibility index (Phi) is 11.3. The van der Waals surface area contributed by atoms with Gasteiger partial charge in [-0.3, -0.25) is 4.79 Å². The molecule has 1 unspecified atom stereocenters. The number of ether oxygens (including phenoxy) is 4. The average molecular weight is 731 g/mol. The Morgan fingerprint density at radius 2 is 1.98 bits per heavy atom. The second kappa shape index (κ2) is 15.4. The SMILES string of the molecule is COC(=O)[C@@]1(O)CC(=O)N(C)CC/C=C/[C@H](OCCOCC(F)F)[C@@H]2CCC2(C)CN2C[C@@]3(CCCc4cc(Cl)ccc43)COc3ccc1cc32. The van der Waals surface area contributed by atoms with Gasteiger partial charge in [0, 0.05) is 37.1 Å². The van der Waals surface area contributed by atoms with Crippen molar-refractivity contribution in [3.63, 3.8) is 0 Å². The maximum absolute atomic E-state index is 13.5. The second-order valence-corrected chi connectivity index (χ2v) is 15.4. The highest BCUT2D eigenvalue weighted by molar-refractivity contribution is 6.30. The fourth-order valence-corrected chi connectivity index (χ4v) is 8.70. The molecule has 0 radical (unpaired) electrons. The van der Waals surface area contributed by atoms with Gasteiger partial charge in [-0.2, -0.15) is 0 Å². The van der Waals surface area contributed by atoms with E-state index in [1.54, 1.807) is 25.2 Å². The van der Waals surface area contributed by atoms with E-state index in [0.29, 0.717) is 43.4 Å². The largest absolute Gasteiger partial charge is 0.490 e. The van der Waals surface area contributed by atoms with Crippen molar-refractivity contribution in [2.24, 2.45) is 11.3 Å². The van der Waals surface area contributed by atoms with Crippen LogP contribution in [0.4, 0.5) is 14.5 Å². The first kappa shape index (κ1) is 37.5. The molecule has 2 bridgehead atoms. The Bertz CT molecular complexity index is 1630. The van der Waals surface area contributed by atoms with Gasteiger partial charge < -0.3 is 33.9 Å². The van der Waals surface area contributed by atoms with E-state index in [9.17, 15) is 23.5 Å². The molecular weight excluding hydrogens is 682 g/mol. The first-order valence-corrected chi connectivity index (χ1v) is 18.3. The van der Waals surface area contributed by atoms with Gasteiger partial charge in [0.05, 0.1) is 45.1 Å². The zero-order valence-corrected chi connectivity index (χ0v) is 30.4. The number of alkyl halides is 2. The van der Waals surface area contributed by atoms with E-state index in [0.717, 1.165) is 37.8 Å². The Hall–Kier alpha value is -3.25. The predicted octanol–water partition coefficient (Wildman–Crippen LogP) is 6.07. The van der Waals surface area contributed by atoms with E-state index in [1.165, 1.54) is 23.1 Å². The van der Waals surface area contributed by atoms with E-state index >= 15 is 0 Å². The summed E-state index contributed by atoms with van der Waals surface area (Å²) in [5, 5.41) is 12.7. The van der Waals surface area contributed by atoms with Crippen LogP contribution in [0.25, 0.3) is 0 Å². The quantitative estimate of drug-likeness (QED) is 0.209. The van der Waals surface area contributed by atoms with Crippen LogP contribution in [0.15, 0.2) is 48.6 Å². The van der Waals surface area contributed by atoms with Crippen molar-refractivity contribution in [3.8, 4) is 5.75 Å². The molecule has 0 aromatic heterocycles. The highest BCUT2D eigenvalue weighted by atomic mass is 35.5. The number of hydrogen-bond acceptors (Lipinski definition) is 8. The number of carbonyl (C=O) groups excluding carboxylic acids is 2. The molecular formula is C39H49ClF2N2O7. The number of aryl methyl sites for hydroxylation is 1. The summed E-state index contributed by atoms with van der Waals surface area (Å²) in [4.78, 5) is 30.6. The number of hydrogen-bond donors (Lipinski definition) is 1. The summed E-state index contributed by atoms with van der Waals surface area (Å²) in [5.74, 6) is -0.605. The molecule has 1 spiro atoms. The minimum Gasteiger partial charge on any atom is -0.490 e. The van der Waals surface area contributed by atoms with Crippen LogP contribution in [0.1, 0.15) is 62.1 Å². The zero-order valence-electron chi connectivity index (χ0n) is 29.7. The van der Waals surface area contributed by atoms with Gasteiger partial charge in [-0.15, -0.1) is 0 Å². The first-order chi connectivity index (χ1) is 24.4. The molecule has 2 aliphatic carbocycles. The number of aliphatic hydroxyl groups is 1. The molecule has 4 aliphatic rings. The topological polar surface area (TPSA) is 97.8 Å². The molecule has 2 aromatic rings. The lowest BCUT2D eigenvalue weighted by Crippen LogP contribution is -2.54. The minimum absolute atomic E-state index is 0.0595. The number of anilines is 1. The van der Waals surface area contributed by atoms with Crippen LogP contribution in [-0.2, 0) is 41.2 Å². The van der Waals surface area contributed by atoms with Gasteiger partial charge in [-0.05, 0) is 90.8 Å². The van der Waals surface area contributed by atoms with Crippen molar-refractivity contribution in [1.29, 1.82) is 0 Å². The Morgan fingerprint density at radius 1 is 1.16 bits per heavy atom. The van der Waals surface area contributed by atoms with E-state index in [4.69, 9.17) is 30.5 Å². The number of halogens is 3. The summed E-state index contributed by atoms with van der Waals surface area (Å²) in [6.45, 7) is 3.87. The summed E-state index contributed by atoms with van der Waals surface area (Å²) in [6.07, 6.45) is 5.82. The van der Waals surface area contributed by atoms with E-state index < -0.39 is 36.9 Å². The van der Waals surface area contributed by atoms with Crippen LogP contribution >= 0.6 is 11.6 Å². The van der Waals surface area contributed by atoms with E-state index in [2.05, 4.69) is 24.0 Å². The normalized spacial score (nSPS) is 30.2. The lowest BCUT2D eigenvalue weighted by atomic mass is 9.58. The lowest BCUT2D eigenvalue weighted by molar-refractivity contribution is -0.168. The van der Waals surface area contributed by atoms with Crippen molar-refractivity contribution < 1.29 is 42.4 Å². The molecule has 9 nitrogen and oxygen atoms in total. The molecule has 1 saturated carbocycles. The minimum atomic E-state index is -2.54. The number of methoxy groups -OCH3 is 1. The summed E-state index contributed by atoms with van der Waals surface area (Å²) in [7, 11) is 2.84. The van der Waals surface area contributed by atoms with Crippen LogP contribution in [0.3, 0.4) is 0 Å². The predicted molar refractivity (Wildman–Crippen MR) is 190 cm³/mol. The fourth-order valence-electron chi connectivity index (χ4n) is 8.51. The van der Waals surface area contributed by atoms with Gasteiger partial charge in [0.2, 0.25) is 5.91 Å². The monoisotopic (exact) mass is 730 g/mol. The molecule has 1 amide bonds. The second-order valence-electron chi connectivity index (χ2n) is 14.9. The molecule has 278 valence electrons. The highest BCUT2D eigenvalue weighted by Gasteiger charge is 2.50. The number of benzene rings is 2. The molecule has 0 saturated heterocycles. The number of nitrogens with zero attached hydrogens (tertiary/aromatic N) is 2. The molecule has 5 atom stereocenters. The third kappa shape index (κ3) is 7.77. The molecule has 51 heavy (non-hydrogen) atoms. The smallest absolute Gasteiger partial charge is 0.343 e. The standard InChI is InChI=1S/C39H49ClF2N2O7/c1-37-15-13-30(37)32(50-18-17-49-22-34(41)42)8-4-5-16-43(2)35(45)21-39(47,36(46)48-3)27-9-12-33-31(20-27)44(23-37)24-38(25-51-33)14-6-7-26-19-28(40)10-11-29(26)38/h4,8-12,19-20,30,32,34,47H,5-7,13-18,21-25H2,1-3H3/b8-4+/t30-,32-,37?,38-,39+/m0/s1. The fraction of sp³-hybridized carbons (Fsp3) is 0.590. The van der Waals surface area contributed by atoms with E-state index in [-0.39, 0.29) is 41.6 Å². The van der Waals surface area contributed by atoms with Crippen LogP contribution in [0, 0.1) is 11.3 Å². The Labute approximate surface area is 303 Å². The Morgan fingerprint density at radius 3 is 2.73 bits per heavy atom. The maximum atomic E-state index is 13.5. The molecule has 2 aromatic carbocycles. The van der Waals surface area contributed by atoms with E-state index in [1.807, 2.05) is 18.2 Å². The summed E-state index contributed by atoms with van der Waals surface area (Å²) >= 11 is 6.46. The molecule has 1 N–H and O–H groups in total. The van der Waals surface area contributed by atoms with Crippen molar-refractivity contribution in [2.75, 3.05) is 65.1 Å². The summed E-state index contributed by atoms with van der Waals surface area (Å²) in [6, 6.07) is 11.3. The third-order valence-electron chi connectivity index (χ3n) is 11.5. The molecule has 2 heterocycles. The van der Waals surface area contributed by atoms with Gasteiger partial charge in [-0.1, -0.05) is 42.8 Å². The van der Waals surface area contributed by atoms with Gasteiger partial charge >= 0.3 is 5.97 Å².